The molecule has 1 aromatic rings. The van der Waals surface area contributed by atoms with Crippen LogP contribution in [0.1, 0.15) is 50.6 Å². The van der Waals surface area contributed by atoms with Crippen molar-refractivity contribution < 1.29 is 5.11 Å². The Morgan fingerprint density at radius 3 is 2.71 bits per heavy atom. The van der Waals surface area contributed by atoms with Gasteiger partial charge in [0.15, 0.2) is 0 Å². The molecule has 0 amide bonds. The molecule has 1 aliphatic rings. The highest BCUT2D eigenvalue weighted by Crippen LogP contribution is 2.21. The number of rotatable bonds is 3. The minimum Gasteiger partial charge on any atom is -0.392 e. The molecular formula is C14H22N2O. The summed E-state index contributed by atoms with van der Waals surface area (Å²) < 4.78 is 0. The molecule has 0 spiro atoms. The van der Waals surface area contributed by atoms with E-state index >= 15 is 0 Å². The van der Waals surface area contributed by atoms with Crippen molar-refractivity contribution in [3.63, 3.8) is 0 Å². The van der Waals surface area contributed by atoms with Gasteiger partial charge < -0.3 is 10.4 Å². The molecule has 94 valence electrons. The number of aliphatic hydroxyl groups excluding tert-OH is 1. The van der Waals surface area contributed by atoms with Crippen LogP contribution in [0.25, 0.3) is 0 Å². The normalized spacial score (nSPS) is 27.4. The van der Waals surface area contributed by atoms with Crippen LogP contribution in [0, 0.1) is 0 Å². The summed E-state index contributed by atoms with van der Waals surface area (Å²) >= 11 is 0. The molecule has 3 unspecified atom stereocenters. The van der Waals surface area contributed by atoms with E-state index in [2.05, 4.69) is 17.2 Å². The largest absolute Gasteiger partial charge is 0.392 e. The fourth-order valence-corrected chi connectivity index (χ4v) is 2.55. The zero-order valence-electron chi connectivity index (χ0n) is 10.5. The molecule has 0 radical (unpaired) electrons. The summed E-state index contributed by atoms with van der Waals surface area (Å²) in [6, 6.07) is 4.57. The maximum absolute atomic E-state index is 10.1. The van der Waals surface area contributed by atoms with E-state index in [1.54, 1.807) is 0 Å². The Labute approximate surface area is 103 Å². The predicted octanol–water partition coefficient (Wildman–Crippen LogP) is 2.43. The standard InChI is InChI=1S/C14H22N2O/c1-11(12-7-9-15-10-8-12)16-13-5-3-2-4-6-14(13)17/h7-11,13-14,16-17H,2-6H2,1H3. The van der Waals surface area contributed by atoms with Crippen LogP contribution >= 0.6 is 0 Å². The van der Waals surface area contributed by atoms with Crippen LogP contribution in [0.4, 0.5) is 0 Å². The fraction of sp³-hybridized carbons (Fsp3) is 0.643. The number of pyridine rings is 1. The highest BCUT2D eigenvalue weighted by atomic mass is 16.3. The SMILES string of the molecule is CC(NC1CCCCCC1O)c1ccncc1. The van der Waals surface area contributed by atoms with Crippen LogP contribution in [0.2, 0.25) is 0 Å². The van der Waals surface area contributed by atoms with Crippen molar-refractivity contribution in [2.24, 2.45) is 0 Å². The van der Waals surface area contributed by atoms with Gasteiger partial charge in [-0.3, -0.25) is 4.98 Å². The Kier molecular flexibility index (Phi) is 4.51. The molecule has 17 heavy (non-hydrogen) atoms. The van der Waals surface area contributed by atoms with Crippen LogP contribution in [-0.4, -0.2) is 22.2 Å². The minimum atomic E-state index is -0.193. The van der Waals surface area contributed by atoms with Gasteiger partial charge in [-0.05, 0) is 37.5 Å². The van der Waals surface area contributed by atoms with Crippen LogP contribution in [0.15, 0.2) is 24.5 Å². The van der Waals surface area contributed by atoms with Gasteiger partial charge in [-0.2, -0.15) is 0 Å². The molecule has 1 fully saturated rings. The zero-order chi connectivity index (χ0) is 12.1. The first-order valence-corrected chi connectivity index (χ1v) is 6.61. The summed E-state index contributed by atoms with van der Waals surface area (Å²) in [7, 11) is 0. The maximum Gasteiger partial charge on any atom is 0.0693 e. The van der Waals surface area contributed by atoms with Crippen molar-refractivity contribution in [2.45, 2.75) is 57.2 Å². The second-order valence-corrected chi connectivity index (χ2v) is 4.98. The van der Waals surface area contributed by atoms with E-state index in [0.717, 1.165) is 19.3 Å². The molecule has 2 rings (SSSR count). The Morgan fingerprint density at radius 2 is 1.94 bits per heavy atom. The lowest BCUT2D eigenvalue weighted by Gasteiger charge is -2.26. The first-order chi connectivity index (χ1) is 8.27. The van der Waals surface area contributed by atoms with E-state index in [9.17, 15) is 5.11 Å². The van der Waals surface area contributed by atoms with Gasteiger partial charge in [0.25, 0.3) is 0 Å². The second-order valence-electron chi connectivity index (χ2n) is 4.98. The molecule has 1 heterocycles. The minimum absolute atomic E-state index is 0.193. The lowest BCUT2D eigenvalue weighted by Crippen LogP contribution is -2.40. The number of aliphatic hydroxyl groups is 1. The van der Waals surface area contributed by atoms with Crippen molar-refractivity contribution in [1.29, 1.82) is 0 Å². The van der Waals surface area contributed by atoms with Gasteiger partial charge in [0.1, 0.15) is 0 Å². The van der Waals surface area contributed by atoms with Crippen LogP contribution in [0.5, 0.6) is 0 Å². The number of aromatic nitrogens is 1. The van der Waals surface area contributed by atoms with Crippen molar-refractivity contribution in [3.05, 3.63) is 30.1 Å². The lowest BCUT2D eigenvalue weighted by atomic mass is 10.0. The summed E-state index contributed by atoms with van der Waals surface area (Å²) in [5.41, 5.74) is 1.23. The second kappa shape index (κ2) is 6.12. The summed E-state index contributed by atoms with van der Waals surface area (Å²) in [6.07, 6.45) is 9.08. The summed E-state index contributed by atoms with van der Waals surface area (Å²) in [5.74, 6) is 0. The van der Waals surface area contributed by atoms with Gasteiger partial charge in [0, 0.05) is 24.5 Å². The molecule has 3 nitrogen and oxygen atoms in total. The van der Waals surface area contributed by atoms with E-state index in [1.807, 2.05) is 24.5 Å². The van der Waals surface area contributed by atoms with E-state index in [4.69, 9.17) is 0 Å². The Morgan fingerprint density at radius 1 is 1.24 bits per heavy atom. The number of hydrogen-bond acceptors (Lipinski definition) is 3. The van der Waals surface area contributed by atoms with E-state index in [1.165, 1.54) is 18.4 Å². The molecule has 0 saturated heterocycles. The smallest absolute Gasteiger partial charge is 0.0693 e. The molecule has 0 bridgehead atoms. The molecule has 2 N–H and O–H groups in total. The van der Waals surface area contributed by atoms with Crippen molar-refractivity contribution in [1.82, 2.24) is 10.3 Å². The molecular weight excluding hydrogens is 212 g/mol. The molecule has 1 saturated carbocycles. The summed E-state index contributed by atoms with van der Waals surface area (Å²) in [4.78, 5) is 4.03. The number of hydrogen-bond donors (Lipinski definition) is 2. The topological polar surface area (TPSA) is 45.1 Å². The first-order valence-electron chi connectivity index (χ1n) is 6.61. The number of nitrogens with zero attached hydrogens (tertiary/aromatic N) is 1. The fourth-order valence-electron chi connectivity index (χ4n) is 2.55. The maximum atomic E-state index is 10.1. The van der Waals surface area contributed by atoms with E-state index in [0.29, 0.717) is 0 Å². The van der Waals surface area contributed by atoms with Crippen LogP contribution in [0.3, 0.4) is 0 Å². The van der Waals surface area contributed by atoms with Crippen LogP contribution in [-0.2, 0) is 0 Å². The molecule has 1 aromatic heterocycles. The Hall–Kier alpha value is -0.930. The van der Waals surface area contributed by atoms with Crippen molar-refractivity contribution in [2.75, 3.05) is 0 Å². The third kappa shape index (κ3) is 3.51. The van der Waals surface area contributed by atoms with Gasteiger partial charge in [-0.15, -0.1) is 0 Å². The average molecular weight is 234 g/mol. The quantitative estimate of drug-likeness (QED) is 0.790. The zero-order valence-corrected chi connectivity index (χ0v) is 10.5. The highest BCUT2D eigenvalue weighted by molar-refractivity contribution is 5.14. The predicted molar refractivity (Wildman–Crippen MR) is 68.7 cm³/mol. The number of nitrogens with one attached hydrogen (secondary N) is 1. The molecule has 1 aliphatic carbocycles. The van der Waals surface area contributed by atoms with Crippen LogP contribution < -0.4 is 5.32 Å². The van der Waals surface area contributed by atoms with Gasteiger partial charge in [-0.1, -0.05) is 19.3 Å². The molecule has 0 aliphatic heterocycles. The Bertz CT molecular complexity index is 328. The summed E-state index contributed by atoms with van der Waals surface area (Å²) in [5, 5.41) is 13.6. The van der Waals surface area contributed by atoms with Gasteiger partial charge in [0.2, 0.25) is 0 Å². The highest BCUT2D eigenvalue weighted by Gasteiger charge is 2.22. The lowest BCUT2D eigenvalue weighted by molar-refractivity contribution is 0.115. The first kappa shape index (κ1) is 12.5. The third-order valence-electron chi connectivity index (χ3n) is 3.65. The Balaban J connectivity index is 1.95. The van der Waals surface area contributed by atoms with Gasteiger partial charge in [0.05, 0.1) is 6.10 Å². The average Bonchev–Trinajstić information content (AvgIpc) is 2.56. The van der Waals surface area contributed by atoms with Gasteiger partial charge in [-0.25, -0.2) is 0 Å². The van der Waals surface area contributed by atoms with Gasteiger partial charge >= 0.3 is 0 Å². The monoisotopic (exact) mass is 234 g/mol. The molecule has 3 atom stereocenters. The molecule has 3 heteroatoms. The van der Waals surface area contributed by atoms with Crippen molar-refractivity contribution in [3.8, 4) is 0 Å². The van der Waals surface area contributed by atoms with Crippen molar-refractivity contribution >= 4 is 0 Å². The summed E-state index contributed by atoms with van der Waals surface area (Å²) in [6.45, 7) is 2.15. The van der Waals surface area contributed by atoms with E-state index in [-0.39, 0.29) is 18.2 Å². The van der Waals surface area contributed by atoms with E-state index < -0.39 is 0 Å². The third-order valence-corrected chi connectivity index (χ3v) is 3.65. The molecule has 0 aromatic carbocycles.